The second kappa shape index (κ2) is 8.23. The lowest BCUT2D eigenvalue weighted by Crippen LogP contribution is -2.62. The predicted molar refractivity (Wildman–Crippen MR) is 110 cm³/mol. The lowest BCUT2D eigenvalue weighted by molar-refractivity contribution is -0.155. The summed E-state index contributed by atoms with van der Waals surface area (Å²) in [5, 5.41) is 0. The zero-order chi connectivity index (χ0) is 20.3. The monoisotopic (exact) mass is 393 g/mol. The third-order valence-corrected chi connectivity index (χ3v) is 6.21. The van der Waals surface area contributed by atoms with Crippen LogP contribution in [-0.4, -0.2) is 51.4 Å². The smallest absolute Gasteiger partial charge is 0.250 e. The molecule has 0 aliphatic carbocycles. The molecule has 2 fully saturated rings. The molecule has 2 saturated heterocycles. The summed E-state index contributed by atoms with van der Waals surface area (Å²) in [6, 6.07) is 15.0. The number of amides is 2. The van der Waals surface area contributed by atoms with Crippen LogP contribution in [0.15, 0.2) is 59.5 Å². The van der Waals surface area contributed by atoms with Gasteiger partial charge in [0.25, 0.3) is 5.56 Å². The summed E-state index contributed by atoms with van der Waals surface area (Å²) < 4.78 is 1.41. The number of pyridine rings is 1. The summed E-state index contributed by atoms with van der Waals surface area (Å²) in [6.45, 7) is 1.98. The number of nitrogens with zero attached hydrogens (tertiary/aromatic N) is 3. The first kappa shape index (κ1) is 19.4. The number of carbonyl (C=O) groups is 2. The average Bonchev–Trinajstić information content (AvgIpc) is 3.16. The van der Waals surface area contributed by atoms with Crippen LogP contribution in [0, 0.1) is 0 Å². The van der Waals surface area contributed by atoms with Crippen LogP contribution in [0.1, 0.15) is 31.2 Å². The Balaban J connectivity index is 1.49. The first-order valence-electron chi connectivity index (χ1n) is 10.4. The van der Waals surface area contributed by atoms with Crippen molar-refractivity contribution in [1.82, 2.24) is 14.4 Å². The van der Waals surface area contributed by atoms with Crippen molar-refractivity contribution in [2.45, 2.75) is 44.2 Å². The van der Waals surface area contributed by atoms with E-state index in [-0.39, 0.29) is 23.9 Å². The maximum absolute atomic E-state index is 13.5. The number of carbonyl (C=O) groups excluding carboxylic acids is 2. The van der Waals surface area contributed by atoms with Crippen molar-refractivity contribution in [2.24, 2.45) is 0 Å². The molecule has 1 unspecified atom stereocenters. The fraction of sp³-hybridized carbons (Fsp3) is 0.435. The maximum Gasteiger partial charge on any atom is 0.250 e. The molecule has 29 heavy (non-hydrogen) atoms. The normalized spacial score (nSPS) is 21.7. The standard InChI is InChI=1S/C23H27N3O3/c27-20-10-4-5-14-25(20)18-21(28)26-16-7-13-23(26)12-6-15-24(22(23)29)17-11-19-8-2-1-3-9-19/h1-5,8-10,14H,6-7,11-13,15-18H2. The largest absolute Gasteiger partial charge is 0.340 e. The Morgan fingerprint density at radius 1 is 0.931 bits per heavy atom. The number of piperidine rings is 1. The van der Waals surface area contributed by atoms with Gasteiger partial charge in [-0.05, 0) is 43.7 Å². The van der Waals surface area contributed by atoms with Crippen LogP contribution in [-0.2, 0) is 22.6 Å². The van der Waals surface area contributed by atoms with E-state index in [0.717, 1.165) is 25.8 Å². The maximum atomic E-state index is 13.5. The van der Waals surface area contributed by atoms with Gasteiger partial charge in [0.05, 0.1) is 0 Å². The molecule has 1 aromatic carbocycles. The second-order valence-corrected chi connectivity index (χ2v) is 7.98. The molecular weight excluding hydrogens is 366 g/mol. The number of hydrogen-bond acceptors (Lipinski definition) is 3. The fourth-order valence-corrected chi connectivity index (χ4v) is 4.73. The Hall–Kier alpha value is -2.89. The van der Waals surface area contributed by atoms with Gasteiger partial charge in [-0.15, -0.1) is 0 Å². The third-order valence-electron chi connectivity index (χ3n) is 6.21. The summed E-state index contributed by atoms with van der Waals surface area (Å²) in [7, 11) is 0. The van der Waals surface area contributed by atoms with Crippen LogP contribution in [0.25, 0.3) is 0 Å². The molecule has 6 heteroatoms. The molecule has 1 atom stereocenters. The predicted octanol–water partition coefficient (Wildman–Crippen LogP) is 2.07. The summed E-state index contributed by atoms with van der Waals surface area (Å²) in [5.74, 6) is -0.0694. The van der Waals surface area contributed by atoms with E-state index in [1.807, 2.05) is 23.1 Å². The van der Waals surface area contributed by atoms with Crippen molar-refractivity contribution in [3.05, 3.63) is 70.6 Å². The quantitative estimate of drug-likeness (QED) is 0.781. The van der Waals surface area contributed by atoms with Crippen LogP contribution in [0.5, 0.6) is 0 Å². The van der Waals surface area contributed by atoms with E-state index in [2.05, 4.69) is 12.1 Å². The SMILES string of the molecule is O=C(Cn1ccccc1=O)N1CCCC12CCCN(CCc1ccccc1)C2=O. The number of benzene rings is 1. The molecular formula is C23H27N3O3. The molecule has 2 amide bonds. The molecule has 6 nitrogen and oxygen atoms in total. The van der Waals surface area contributed by atoms with Crippen molar-refractivity contribution < 1.29 is 9.59 Å². The summed E-state index contributed by atoms with van der Waals surface area (Å²) in [5.41, 5.74) is 0.279. The van der Waals surface area contributed by atoms with E-state index >= 15 is 0 Å². The van der Waals surface area contributed by atoms with Gasteiger partial charge in [-0.3, -0.25) is 14.4 Å². The van der Waals surface area contributed by atoms with Gasteiger partial charge in [0.1, 0.15) is 12.1 Å². The highest BCUT2D eigenvalue weighted by Crippen LogP contribution is 2.38. The molecule has 152 valence electrons. The minimum Gasteiger partial charge on any atom is -0.340 e. The minimum absolute atomic E-state index is 0.0152. The average molecular weight is 393 g/mol. The fourth-order valence-electron chi connectivity index (χ4n) is 4.73. The molecule has 2 aromatic rings. The molecule has 1 aromatic heterocycles. The Bertz CT molecular complexity index is 940. The van der Waals surface area contributed by atoms with Gasteiger partial charge < -0.3 is 14.4 Å². The van der Waals surface area contributed by atoms with E-state index in [1.165, 1.54) is 16.2 Å². The first-order chi connectivity index (χ1) is 14.1. The molecule has 3 heterocycles. The zero-order valence-electron chi connectivity index (χ0n) is 16.6. The second-order valence-electron chi connectivity index (χ2n) is 7.98. The van der Waals surface area contributed by atoms with Crippen LogP contribution in [0.2, 0.25) is 0 Å². The Labute approximate surface area is 170 Å². The van der Waals surface area contributed by atoms with E-state index in [4.69, 9.17) is 0 Å². The number of aromatic nitrogens is 1. The van der Waals surface area contributed by atoms with Gasteiger partial charge in [-0.2, -0.15) is 0 Å². The summed E-state index contributed by atoms with van der Waals surface area (Å²) >= 11 is 0. The van der Waals surface area contributed by atoms with Gasteiger partial charge in [0, 0.05) is 31.9 Å². The van der Waals surface area contributed by atoms with Crippen LogP contribution >= 0.6 is 0 Å². The molecule has 0 radical (unpaired) electrons. The van der Waals surface area contributed by atoms with Crippen LogP contribution < -0.4 is 5.56 Å². The van der Waals surface area contributed by atoms with Gasteiger partial charge in [0.2, 0.25) is 11.8 Å². The van der Waals surface area contributed by atoms with Gasteiger partial charge in [-0.25, -0.2) is 0 Å². The lowest BCUT2D eigenvalue weighted by atomic mass is 9.85. The van der Waals surface area contributed by atoms with Crippen molar-refractivity contribution in [1.29, 1.82) is 0 Å². The first-order valence-corrected chi connectivity index (χ1v) is 10.4. The molecule has 0 N–H and O–H groups in total. The highest BCUT2D eigenvalue weighted by atomic mass is 16.2. The van der Waals surface area contributed by atoms with Gasteiger partial charge in [0.15, 0.2) is 0 Å². The Kier molecular flexibility index (Phi) is 5.51. The highest BCUT2D eigenvalue weighted by molar-refractivity contribution is 5.92. The Morgan fingerprint density at radius 3 is 2.41 bits per heavy atom. The molecule has 4 rings (SSSR count). The van der Waals surface area contributed by atoms with Crippen LogP contribution in [0.3, 0.4) is 0 Å². The number of hydrogen-bond donors (Lipinski definition) is 0. The van der Waals surface area contributed by atoms with Gasteiger partial charge in [-0.1, -0.05) is 36.4 Å². The van der Waals surface area contributed by atoms with Crippen LogP contribution in [0.4, 0.5) is 0 Å². The van der Waals surface area contributed by atoms with Crippen molar-refractivity contribution in [3.8, 4) is 0 Å². The van der Waals surface area contributed by atoms with E-state index in [0.29, 0.717) is 25.9 Å². The van der Waals surface area contributed by atoms with E-state index in [1.54, 1.807) is 23.2 Å². The van der Waals surface area contributed by atoms with Gasteiger partial charge >= 0.3 is 0 Å². The molecule has 2 aliphatic rings. The summed E-state index contributed by atoms with van der Waals surface area (Å²) in [6.07, 6.45) is 5.59. The number of likely N-dealkylation sites (tertiary alicyclic amines) is 2. The lowest BCUT2D eigenvalue weighted by Gasteiger charge is -2.44. The van der Waals surface area contributed by atoms with Crippen molar-refractivity contribution in [2.75, 3.05) is 19.6 Å². The molecule has 0 bridgehead atoms. The van der Waals surface area contributed by atoms with E-state index in [9.17, 15) is 14.4 Å². The Morgan fingerprint density at radius 2 is 1.66 bits per heavy atom. The zero-order valence-corrected chi connectivity index (χ0v) is 16.6. The molecule has 1 spiro atoms. The molecule has 0 saturated carbocycles. The van der Waals surface area contributed by atoms with Crippen molar-refractivity contribution >= 4 is 11.8 Å². The topological polar surface area (TPSA) is 62.6 Å². The molecule has 2 aliphatic heterocycles. The summed E-state index contributed by atoms with van der Waals surface area (Å²) in [4.78, 5) is 42.2. The third kappa shape index (κ3) is 3.84. The minimum atomic E-state index is -0.732. The van der Waals surface area contributed by atoms with E-state index < -0.39 is 5.54 Å². The highest BCUT2D eigenvalue weighted by Gasteiger charge is 2.52. The number of rotatable bonds is 5. The van der Waals surface area contributed by atoms with Crippen molar-refractivity contribution in [3.63, 3.8) is 0 Å².